The third kappa shape index (κ3) is 4.44. The molecule has 0 aliphatic carbocycles. The highest BCUT2D eigenvalue weighted by atomic mass is 19.1. The summed E-state index contributed by atoms with van der Waals surface area (Å²) >= 11 is 0. The Balaban J connectivity index is 1.53. The zero-order valence-electron chi connectivity index (χ0n) is 13.8. The maximum absolute atomic E-state index is 13.0. The fraction of sp³-hybridized carbons (Fsp3) is 0.300. The number of carbonyl (C=O) groups excluding carboxylic acids is 1. The van der Waals surface area contributed by atoms with Gasteiger partial charge in [0.25, 0.3) is 0 Å². The van der Waals surface area contributed by atoms with E-state index in [1.165, 1.54) is 24.3 Å². The largest absolute Gasteiger partial charge is 0.478 e. The van der Waals surface area contributed by atoms with Crippen LogP contribution in [-0.4, -0.2) is 35.0 Å². The van der Waals surface area contributed by atoms with Crippen molar-refractivity contribution in [1.29, 1.82) is 0 Å². The maximum Gasteiger partial charge on any atom is 0.335 e. The van der Waals surface area contributed by atoms with Gasteiger partial charge in [0.05, 0.1) is 12.0 Å². The molecule has 4 nitrogen and oxygen atoms in total. The van der Waals surface area contributed by atoms with E-state index in [0.717, 1.165) is 30.5 Å². The second-order valence-electron chi connectivity index (χ2n) is 6.50. The van der Waals surface area contributed by atoms with Crippen molar-refractivity contribution in [3.8, 4) is 0 Å². The third-order valence-electron chi connectivity index (χ3n) is 4.63. The van der Waals surface area contributed by atoms with Gasteiger partial charge in [0.15, 0.2) is 0 Å². The van der Waals surface area contributed by atoms with E-state index in [1.54, 1.807) is 24.3 Å². The highest BCUT2D eigenvalue weighted by Gasteiger charge is 2.26. The van der Waals surface area contributed by atoms with Crippen LogP contribution in [0.3, 0.4) is 0 Å². The van der Waals surface area contributed by atoms with Crippen LogP contribution in [0.2, 0.25) is 0 Å². The minimum absolute atomic E-state index is 0.0599. The molecule has 2 aromatic rings. The molecule has 0 bridgehead atoms. The highest BCUT2D eigenvalue weighted by molar-refractivity contribution is 5.87. The third-order valence-corrected chi connectivity index (χ3v) is 4.63. The first-order valence-corrected chi connectivity index (χ1v) is 8.36. The fourth-order valence-corrected chi connectivity index (χ4v) is 3.23. The summed E-state index contributed by atoms with van der Waals surface area (Å²) in [6, 6.07) is 12.9. The van der Waals surface area contributed by atoms with E-state index >= 15 is 0 Å². The van der Waals surface area contributed by atoms with Crippen molar-refractivity contribution in [1.82, 2.24) is 4.90 Å². The van der Waals surface area contributed by atoms with E-state index in [1.807, 2.05) is 4.90 Å². The number of hydrogen-bond acceptors (Lipinski definition) is 2. The molecular formula is C20H20FNO3. The molecule has 5 heteroatoms. The molecule has 1 saturated heterocycles. The summed E-state index contributed by atoms with van der Waals surface area (Å²) < 4.78 is 13.0. The Morgan fingerprint density at radius 3 is 2.32 bits per heavy atom. The van der Waals surface area contributed by atoms with Gasteiger partial charge in [-0.1, -0.05) is 24.3 Å². The number of benzene rings is 2. The maximum atomic E-state index is 13.0. The second kappa shape index (κ2) is 7.47. The van der Waals surface area contributed by atoms with E-state index in [2.05, 4.69) is 0 Å². The van der Waals surface area contributed by atoms with Gasteiger partial charge in [0.2, 0.25) is 5.91 Å². The van der Waals surface area contributed by atoms with Crippen LogP contribution in [0.5, 0.6) is 0 Å². The number of likely N-dealkylation sites (tertiary alicyclic amines) is 1. The lowest BCUT2D eigenvalue weighted by Crippen LogP contribution is -2.30. The molecule has 1 heterocycles. The molecule has 1 amide bonds. The van der Waals surface area contributed by atoms with Crippen molar-refractivity contribution in [2.45, 2.75) is 19.3 Å². The van der Waals surface area contributed by atoms with Gasteiger partial charge in [-0.3, -0.25) is 4.79 Å². The van der Waals surface area contributed by atoms with Gasteiger partial charge in [0.1, 0.15) is 5.82 Å². The van der Waals surface area contributed by atoms with Crippen LogP contribution in [0, 0.1) is 11.7 Å². The van der Waals surface area contributed by atoms with Crippen molar-refractivity contribution < 1.29 is 19.1 Å². The summed E-state index contributed by atoms with van der Waals surface area (Å²) in [6.45, 7) is 1.45. The van der Waals surface area contributed by atoms with Gasteiger partial charge in [0, 0.05) is 13.1 Å². The molecule has 25 heavy (non-hydrogen) atoms. The molecule has 1 aliphatic rings. The van der Waals surface area contributed by atoms with Crippen LogP contribution < -0.4 is 0 Å². The molecular weight excluding hydrogens is 321 g/mol. The summed E-state index contributed by atoms with van der Waals surface area (Å²) in [5.74, 6) is -0.754. The zero-order valence-corrected chi connectivity index (χ0v) is 13.8. The van der Waals surface area contributed by atoms with E-state index in [9.17, 15) is 14.0 Å². The van der Waals surface area contributed by atoms with E-state index in [-0.39, 0.29) is 23.7 Å². The molecule has 0 aromatic heterocycles. The summed E-state index contributed by atoms with van der Waals surface area (Å²) in [4.78, 5) is 25.1. The Bertz CT molecular complexity index is 756. The van der Waals surface area contributed by atoms with E-state index in [4.69, 9.17) is 5.11 Å². The summed E-state index contributed by atoms with van der Waals surface area (Å²) in [6.07, 6.45) is 2.07. The molecule has 130 valence electrons. The lowest BCUT2D eigenvalue weighted by Gasteiger charge is -2.17. The predicted molar refractivity (Wildman–Crippen MR) is 91.9 cm³/mol. The van der Waals surface area contributed by atoms with Gasteiger partial charge < -0.3 is 10.0 Å². The number of hydrogen-bond donors (Lipinski definition) is 1. The van der Waals surface area contributed by atoms with Crippen molar-refractivity contribution in [2.75, 3.05) is 13.1 Å². The smallest absolute Gasteiger partial charge is 0.335 e. The Kier molecular flexibility index (Phi) is 5.12. The Morgan fingerprint density at radius 1 is 1.04 bits per heavy atom. The van der Waals surface area contributed by atoms with E-state index in [0.29, 0.717) is 12.5 Å². The Labute approximate surface area is 145 Å². The minimum Gasteiger partial charge on any atom is -0.478 e. The average Bonchev–Trinajstić information content (AvgIpc) is 3.06. The van der Waals surface area contributed by atoms with Crippen molar-refractivity contribution in [3.05, 3.63) is 71.0 Å². The van der Waals surface area contributed by atoms with Crippen molar-refractivity contribution >= 4 is 11.9 Å². The first kappa shape index (κ1) is 17.1. The Morgan fingerprint density at radius 2 is 1.68 bits per heavy atom. The molecule has 1 N–H and O–H groups in total. The van der Waals surface area contributed by atoms with Gasteiger partial charge in [-0.2, -0.15) is 0 Å². The highest BCUT2D eigenvalue weighted by Crippen LogP contribution is 2.22. The van der Waals surface area contributed by atoms with Gasteiger partial charge in [-0.25, -0.2) is 9.18 Å². The van der Waals surface area contributed by atoms with Crippen LogP contribution in [0.25, 0.3) is 0 Å². The number of amides is 1. The molecule has 1 fully saturated rings. The minimum atomic E-state index is -0.971. The summed E-state index contributed by atoms with van der Waals surface area (Å²) in [7, 11) is 0. The van der Waals surface area contributed by atoms with Gasteiger partial charge in [-0.05, 0) is 54.2 Å². The predicted octanol–water partition coefficient (Wildman–Crippen LogP) is 3.16. The second-order valence-corrected chi connectivity index (χ2v) is 6.50. The number of aromatic carboxylic acids is 1. The summed E-state index contributed by atoms with van der Waals surface area (Å²) in [5, 5.41) is 8.90. The van der Waals surface area contributed by atoms with Crippen LogP contribution in [0.15, 0.2) is 48.5 Å². The fourth-order valence-electron chi connectivity index (χ4n) is 3.23. The number of nitrogens with zero attached hydrogens (tertiary/aromatic N) is 1. The molecule has 2 aromatic carbocycles. The molecule has 0 saturated carbocycles. The summed E-state index contributed by atoms with van der Waals surface area (Å²) in [5.41, 5.74) is 2.12. The average molecular weight is 341 g/mol. The SMILES string of the molecule is O=C(O)c1ccc(CC(=O)N2CCC(Cc3ccc(F)cc3)C2)cc1. The lowest BCUT2D eigenvalue weighted by atomic mass is 9.99. The molecule has 1 unspecified atom stereocenters. The zero-order chi connectivity index (χ0) is 17.8. The van der Waals surface area contributed by atoms with Gasteiger partial charge in [-0.15, -0.1) is 0 Å². The normalized spacial score (nSPS) is 16.8. The first-order valence-electron chi connectivity index (χ1n) is 8.36. The topological polar surface area (TPSA) is 57.6 Å². The number of carbonyl (C=O) groups is 2. The van der Waals surface area contributed by atoms with Crippen molar-refractivity contribution in [3.63, 3.8) is 0 Å². The molecule has 3 rings (SSSR count). The molecule has 1 aliphatic heterocycles. The number of carboxylic acids is 1. The molecule has 0 radical (unpaired) electrons. The molecule has 1 atom stereocenters. The van der Waals surface area contributed by atoms with Crippen LogP contribution in [0.4, 0.5) is 4.39 Å². The van der Waals surface area contributed by atoms with Crippen LogP contribution in [0.1, 0.15) is 27.9 Å². The van der Waals surface area contributed by atoms with Gasteiger partial charge >= 0.3 is 5.97 Å². The van der Waals surface area contributed by atoms with E-state index < -0.39 is 5.97 Å². The standard InChI is InChI=1S/C20H20FNO3/c21-18-7-3-14(4-8-18)11-16-9-10-22(13-16)19(23)12-15-1-5-17(6-2-15)20(24)25/h1-8,16H,9-13H2,(H,24,25). The lowest BCUT2D eigenvalue weighted by molar-refractivity contribution is -0.129. The first-order chi connectivity index (χ1) is 12.0. The monoisotopic (exact) mass is 341 g/mol. The number of rotatable bonds is 5. The Hall–Kier alpha value is -2.69. The number of carboxylic acid groups (broad SMARTS) is 1. The molecule has 0 spiro atoms. The quantitative estimate of drug-likeness (QED) is 0.909. The van der Waals surface area contributed by atoms with Crippen LogP contribution >= 0.6 is 0 Å². The van der Waals surface area contributed by atoms with Crippen LogP contribution in [-0.2, 0) is 17.6 Å². The van der Waals surface area contributed by atoms with Crippen molar-refractivity contribution in [2.24, 2.45) is 5.92 Å². The number of halogens is 1.